The molecule has 0 rings (SSSR count). The summed E-state index contributed by atoms with van der Waals surface area (Å²) in [5, 5.41) is 6.64. The summed E-state index contributed by atoms with van der Waals surface area (Å²) in [6, 6.07) is 0. The van der Waals surface area contributed by atoms with E-state index in [0.29, 0.717) is 5.92 Å². The van der Waals surface area contributed by atoms with E-state index in [2.05, 4.69) is 0 Å². The Bertz CT molecular complexity index is 66.6. The molecule has 7 heavy (non-hydrogen) atoms. The van der Waals surface area contributed by atoms with Crippen LogP contribution in [0.25, 0.3) is 0 Å². The molecule has 1 nitrogen and oxygen atoms in total. The van der Waals surface area contributed by atoms with Gasteiger partial charge in [-0.25, -0.2) is 0 Å². The lowest BCUT2D eigenvalue weighted by Gasteiger charge is -1.94. The average molecular weight is 96.2 g/mol. The fraction of sp³-hybridized carbons (Fsp3) is 0.500. The highest BCUT2D eigenvalue weighted by molar-refractivity contribution is 5.53. The first kappa shape index (κ1) is 6.41. The van der Waals surface area contributed by atoms with Crippen molar-refractivity contribution in [3.8, 4) is 0 Å². The van der Waals surface area contributed by atoms with Crippen LogP contribution in [0.2, 0.25) is 0 Å². The summed E-state index contributed by atoms with van der Waals surface area (Å²) in [6.45, 7) is 7.11. The Morgan fingerprint density at radius 2 is 2.43 bits per heavy atom. The number of hydrogen-bond donors (Lipinski definition) is 1. The van der Waals surface area contributed by atoms with Crippen molar-refractivity contribution in [2.24, 2.45) is 5.92 Å². The van der Waals surface area contributed by atoms with Crippen LogP contribution in [0.4, 0.5) is 0 Å². The molecule has 0 unspecified atom stereocenters. The summed E-state index contributed by atoms with van der Waals surface area (Å²) < 4.78 is 0. The molecule has 0 fully saturated rings. The van der Waals surface area contributed by atoms with Crippen LogP contribution in [0.1, 0.15) is 13.3 Å². The number of nitrogens with one attached hydrogen (secondary N) is 1. The maximum atomic E-state index is 6.64. The monoisotopic (exact) mass is 96.1 g/mol. The highest BCUT2D eigenvalue weighted by atomic mass is 14.3. The van der Waals surface area contributed by atoms with Gasteiger partial charge in [-0.2, -0.15) is 0 Å². The molecule has 0 aliphatic heterocycles. The summed E-state index contributed by atoms with van der Waals surface area (Å²) in [4.78, 5) is 0. The van der Waals surface area contributed by atoms with Gasteiger partial charge in [0.05, 0.1) is 0 Å². The minimum atomic E-state index is 0.359. The van der Waals surface area contributed by atoms with E-state index in [-0.39, 0.29) is 0 Å². The van der Waals surface area contributed by atoms with Crippen LogP contribution in [0.15, 0.2) is 6.08 Å². The third kappa shape index (κ3) is 3.23. The third-order valence-corrected chi connectivity index (χ3v) is 0.818. The maximum Gasteiger partial charge on any atom is -0.00420 e. The maximum absolute atomic E-state index is 6.64. The van der Waals surface area contributed by atoms with E-state index in [1.165, 1.54) is 6.21 Å². The summed E-state index contributed by atoms with van der Waals surface area (Å²) in [6.07, 6.45) is 3.73. The van der Waals surface area contributed by atoms with E-state index in [4.69, 9.17) is 12.0 Å². The van der Waals surface area contributed by atoms with E-state index in [1.54, 1.807) is 6.08 Å². The molecule has 0 saturated carbocycles. The van der Waals surface area contributed by atoms with E-state index in [9.17, 15) is 0 Å². The van der Waals surface area contributed by atoms with Crippen molar-refractivity contribution in [1.82, 2.24) is 0 Å². The highest BCUT2D eigenvalue weighted by Crippen LogP contribution is 1.96. The van der Waals surface area contributed by atoms with E-state index >= 15 is 0 Å². The van der Waals surface area contributed by atoms with Crippen LogP contribution in [0.3, 0.4) is 0 Å². The van der Waals surface area contributed by atoms with Crippen LogP contribution < -0.4 is 0 Å². The Kier molecular flexibility index (Phi) is 3.29. The molecule has 39 valence electrons. The second-order valence-electron chi connectivity index (χ2n) is 1.61. The predicted octanol–water partition coefficient (Wildman–Crippen LogP) is 1.65. The molecule has 0 aliphatic carbocycles. The van der Waals surface area contributed by atoms with Crippen LogP contribution >= 0.6 is 0 Å². The topological polar surface area (TPSA) is 23.9 Å². The fourth-order valence-electron chi connectivity index (χ4n) is 0.264. The van der Waals surface area contributed by atoms with Gasteiger partial charge in [0.15, 0.2) is 0 Å². The molecule has 0 saturated heterocycles. The van der Waals surface area contributed by atoms with Gasteiger partial charge in [-0.15, -0.1) is 0 Å². The lowest BCUT2D eigenvalue weighted by Crippen LogP contribution is -1.86. The second-order valence-corrected chi connectivity index (χ2v) is 1.61. The SMILES string of the molecule is [CH]=C[C@@H](C)CC=N. The Labute approximate surface area is 44.6 Å². The van der Waals surface area contributed by atoms with Crippen molar-refractivity contribution in [3.05, 3.63) is 12.7 Å². The molecule has 1 radical (unpaired) electrons. The van der Waals surface area contributed by atoms with Gasteiger partial charge in [-0.3, -0.25) is 0 Å². The van der Waals surface area contributed by atoms with Gasteiger partial charge >= 0.3 is 0 Å². The smallest absolute Gasteiger partial charge is 0.00420 e. The van der Waals surface area contributed by atoms with E-state index in [0.717, 1.165) is 6.42 Å². The normalized spacial score (nSPS) is 12.7. The zero-order valence-electron chi connectivity index (χ0n) is 4.52. The lowest BCUT2D eigenvalue weighted by atomic mass is 10.1. The second kappa shape index (κ2) is 3.59. The Balaban J connectivity index is 3.15. The first-order valence-electron chi connectivity index (χ1n) is 2.35. The van der Waals surface area contributed by atoms with Crippen LogP contribution in [-0.2, 0) is 0 Å². The van der Waals surface area contributed by atoms with Crippen LogP contribution in [0, 0.1) is 17.9 Å². The van der Waals surface area contributed by atoms with Crippen molar-refractivity contribution in [2.75, 3.05) is 0 Å². The molecule has 1 heteroatoms. The third-order valence-electron chi connectivity index (χ3n) is 0.818. The lowest BCUT2D eigenvalue weighted by molar-refractivity contribution is 0.776. The number of rotatable bonds is 3. The van der Waals surface area contributed by atoms with Crippen molar-refractivity contribution >= 4 is 6.21 Å². The Hall–Kier alpha value is -0.590. The fourth-order valence-corrected chi connectivity index (χ4v) is 0.264. The van der Waals surface area contributed by atoms with Crippen LogP contribution in [-0.4, -0.2) is 6.21 Å². The minimum absolute atomic E-state index is 0.359. The summed E-state index contributed by atoms with van der Waals surface area (Å²) in [5.41, 5.74) is 0. The summed E-state index contributed by atoms with van der Waals surface area (Å²) >= 11 is 0. The van der Waals surface area contributed by atoms with Gasteiger partial charge in [0.1, 0.15) is 0 Å². The van der Waals surface area contributed by atoms with Gasteiger partial charge in [-0.05, 0) is 18.6 Å². The first-order chi connectivity index (χ1) is 3.31. The summed E-state index contributed by atoms with van der Waals surface area (Å²) in [5.74, 6) is 0.359. The number of allylic oxidation sites excluding steroid dienone is 1. The number of hydrogen-bond acceptors (Lipinski definition) is 1. The van der Waals surface area contributed by atoms with Gasteiger partial charge < -0.3 is 5.41 Å². The molecular formula is C6H10N. The van der Waals surface area contributed by atoms with Gasteiger partial charge in [0.2, 0.25) is 0 Å². The van der Waals surface area contributed by atoms with Gasteiger partial charge in [0, 0.05) is 0 Å². The molecule has 0 aromatic carbocycles. The van der Waals surface area contributed by atoms with Crippen molar-refractivity contribution < 1.29 is 0 Å². The molecule has 0 amide bonds. The Morgan fingerprint density at radius 1 is 1.86 bits per heavy atom. The largest absolute Gasteiger partial charge is 0.313 e. The molecular weight excluding hydrogens is 86.1 g/mol. The molecule has 0 aliphatic rings. The molecule has 0 heterocycles. The molecule has 0 spiro atoms. The van der Waals surface area contributed by atoms with Gasteiger partial charge in [-0.1, -0.05) is 19.6 Å². The first-order valence-corrected chi connectivity index (χ1v) is 2.35. The van der Waals surface area contributed by atoms with Crippen LogP contribution in [0.5, 0.6) is 0 Å². The van der Waals surface area contributed by atoms with Crippen molar-refractivity contribution in [3.63, 3.8) is 0 Å². The zero-order chi connectivity index (χ0) is 5.70. The van der Waals surface area contributed by atoms with Gasteiger partial charge in [0.25, 0.3) is 0 Å². The average Bonchev–Trinajstić information content (AvgIpc) is 1.68. The molecule has 0 bridgehead atoms. The van der Waals surface area contributed by atoms with E-state index < -0.39 is 0 Å². The van der Waals surface area contributed by atoms with Crippen molar-refractivity contribution in [1.29, 1.82) is 5.41 Å². The highest BCUT2D eigenvalue weighted by Gasteiger charge is 1.87. The molecule has 0 aromatic rings. The predicted molar refractivity (Wildman–Crippen MR) is 31.4 cm³/mol. The molecule has 1 atom stereocenters. The molecule has 0 aromatic heterocycles. The standard InChI is InChI=1S/C6H10N/c1-3-6(2)4-5-7/h1,3,5-7H,4H2,2H3/t6-/m1/s1. The van der Waals surface area contributed by atoms with E-state index in [1.807, 2.05) is 6.92 Å². The summed E-state index contributed by atoms with van der Waals surface area (Å²) in [7, 11) is 0. The molecule has 1 N–H and O–H groups in total. The quantitative estimate of drug-likeness (QED) is 0.516. The minimum Gasteiger partial charge on any atom is -0.313 e. The van der Waals surface area contributed by atoms with Crippen molar-refractivity contribution in [2.45, 2.75) is 13.3 Å². The zero-order valence-corrected chi connectivity index (χ0v) is 4.52. The Morgan fingerprint density at radius 3 is 2.57 bits per heavy atom.